The van der Waals surface area contributed by atoms with Crippen molar-refractivity contribution in [2.45, 2.75) is 32.2 Å². The predicted octanol–water partition coefficient (Wildman–Crippen LogP) is 0.139. The molecule has 1 amide bonds. The summed E-state index contributed by atoms with van der Waals surface area (Å²) in [6.07, 6.45) is 2.90. The third kappa shape index (κ3) is 3.49. The van der Waals surface area contributed by atoms with Crippen LogP contribution in [-0.4, -0.2) is 30.2 Å². The molecule has 14 heavy (non-hydrogen) atoms. The van der Waals surface area contributed by atoms with Crippen molar-refractivity contribution in [2.24, 2.45) is 0 Å². The van der Waals surface area contributed by atoms with E-state index in [1.807, 2.05) is 0 Å². The molecule has 3 N–H and O–H groups in total. The van der Waals surface area contributed by atoms with E-state index < -0.39 is 0 Å². The van der Waals surface area contributed by atoms with Crippen molar-refractivity contribution in [1.29, 1.82) is 0 Å². The van der Waals surface area contributed by atoms with Crippen molar-refractivity contribution in [1.82, 2.24) is 16.0 Å². The zero-order valence-electron chi connectivity index (χ0n) is 8.43. The van der Waals surface area contributed by atoms with E-state index in [0.29, 0.717) is 5.11 Å². The summed E-state index contributed by atoms with van der Waals surface area (Å²) in [7, 11) is 0. The Morgan fingerprint density at radius 2 is 2.50 bits per heavy atom. The number of amides is 1. The quantitative estimate of drug-likeness (QED) is 0.586. The molecule has 80 valence electrons. The van der Waals surface area contributed by atoms with Crippen LogP contribution in [0, 0.1) is 0 Å². The Morgan fingerprint density at radius 1 is 1.71 bits per heavy atom. The summed E-state index contributed by atoms with van der Waals surface area (Å²) in [5.74, 6) is 0.0527. The third-order valence-corrected chi connectivity index (χ3v) is 2.39. The summed E-state index contributed by atoms with van der Waals surface area (Å²) in [6.45, 7) is 3.70. The van der Waals surface area contributed by atoms with Crippen molar-refractivity contribution in [3.63, 3.8) is 0 Å². The first-order valence-electron chi connectivity index (χ1n) is 5.06. The number of rotatable bonds is 3. The van der Waals surface area contributed by atoms with Gasteiger partial charge in [0.15, 0.2) is 5.11 Å². The van der Waals surface area contributed by atoms with Gasteiger partial charge in [0.25, 0.3) is 0 Å². The SMILES string of the molecule is CCCNC(=S)NC1CCCNC1=O. The molecule has 0 aromatic rings. The van der Waals surface area contributed by atoms with Crippen LogP contribution in [0.5, 0.6) is 0 Å². The first-order chi connectivity index (χ1) is 6.74. The number of carbonyl (C=O) groups is 1. The van der Waals surface area contributed by atoms with Crippen LogP contribution in [0.3, 0.4) is 0 Å². The van der Waals surface area contributed by atoms with Crippen LogP contribution < -0.4 is 16.0 Å². The standard InChI is InChI=1S/C9H17N3OS/c1-2-5-11-9(14)12-7-4-3-6-10-8(7)13/h7H,2-6H2,1H3,(H,10,13)(H2,11,12,14). The molecule has 1 unspecified atom stereocenters. The van der Waals surface area contributed by atoms with Crippen LogP contribution in [0.15, 0.2) is 0 Å². The lowest BCUT2D eigenvalue weighted by atomic mass is 10.1. The van der Waals surface area contributed by atoms with E-state index in [0.717, 1.165) is 32.4 Å². The Kier molecular flexibility index (Phi) is 4.65. The maximum absolute atomic E-state index is 11.3. The van der Waals surface area contributed by atoms with Crippen molar-refractivity contribution in [2.75, 3.05) is 13.1 Å². The van der Waals surface area contributed by atoms with Crippen LogP contribution in [0.4, 0.5) is 0 Å². The smallest absolute Gasteiger partial charge is 0.242 e. The Balaban J connectivity index is 2.27. The van der Waals surface area contributed by atoms with E-state index in [1.165, 1.54) is 0 Å². The maximum Gasteiger partial charge on any atom is 0.242 e. The van der Waals surface area contributed by atoms with Crippen molar-refractivity contribution < 1.29 is 4.79 Å². The highest BCUT2D eigenvalue weighted by Gasteiger charge is 2.21. The highest BCUT2D eigenvalue weighted by atomic mass is 32.1. The Bertz CT molecular complexity index is 220. The minimum atomic E-state index is -0.152. The van der Waals surface area contributed by atoms with E-state index in [4.69, 9.17) is 12.2 Å². The van der Waals surface area contributed by atoms with Crippen LogP contribution >= 0.6 is 12.2 Å². The van der Waals surface area contributed by atoms with E-state index in [2.05, 4.69) is 22.9 Å². The van der Waals surface area contributed by atoms with E-state index in [1.54, 1.807) is 0 Å². The van der Waals surface area contributed by atoms with Crippen LogP contribution in [0.2, 0.25) is 0 Å². The zero-order chi connectivity index (χ0) is 10.4. The minimum Gasteiger partial charge on any atom is -0.363 e. The van der Waals surface area contributed by atoms with Crippen LogP contribution in [0.1, 0.15) is 26.2 Å². The largest absolute Gasteiger partial charge is 0.363 e. The summed E-state index contributed by atoms with van der Waals surface area (Å²) in [4.78, 5) is 11.3. The summed E-state index contributed by atoms with van der Waals surface area (Å²) in [6, 6.07) is -0.152. The van der Waals surface area contributed by atoms with E-state index in [-0.39, 0.29) is 11.9 Å². The van der Waals surface area contributed by atoms with Crippen molar-refractivity contribution in [3.8, 4) is 0 Å². The zero-order valence-corrected chi connectivity index (χ0v) is 9.25. The molecule has 0 saturated carbocycles. The van der Waals surface area contributed by atoms with Gasteiger partial charge in [-0.1, -0.05) is 6.92 Å². The molecule has 1 fully saturated rings. The fourth-order valence-electron chi connectivity index (χ4n) is 1.36. The third-order valence-electron chi connectivity index (χ3n) is 2.13. The lowest BCUT2D eigenvalue weighted by Gasteiger charge is -2.24. The van der Waals surface area contributed by atoms with Gasteiger partial charge in [0.2, 0.25) is 5.91 Å². The molecule has 1 atom stereocenters. The van der Waals surface area contributed by atoms with E-state index in [9.17, 15) is 4.79 Å². The predicted molar refractivity (Wildman–Crippen MR) is 60.1 cm³/mol. The van der Waals surface area contributed by atoms with Gasteiger partial charge in [-0.3, -0.25) is 4.79 Å². The Morgan fingerprint density at radius 3 is 3.14 bits per heavy atom. The lowest BCUT2D eigenvalue weighted by molar-refractivity contribution is -0.124. The molecule has 1 rings (SSSR count). The molecule has 0 spiro atoms. The van der Waals surface area contributed by atoms with Gasteiger partial charge in [-0.05, 0) is 31.5 Å². The molecule has 4 nitrogen and oxygen atoms in total. The van der Waals surface area contributed by atoms with Gasteiger partial charge >= 0.3 is 0 Å². The number of hydrogen-bond donors (Lipinski definition) is 3. The molecule has 1 saturated heterocycles. The molecule has 0 radical (unpaired) electrons. The first kappa shape index (κ1) is 11.2. The monoisotopic (exact) mass is 215 g/mol. The Hall–Kier alpha value is -0.840. The maximum atomic E-state index is 11.3. The number of nitrogens with one attached hydrogen (secondary N) is 3. The van der Waals surface area contributed by atoms with Gasteiger partial charge in [-0.15, -0.1) is 0 Å². The molecule has 1 aliphatic rings. The molecule has 0 aliphatic carbocycles. The van der Waals surface area contributed by atoms with Gasteiger partial charge in [0.1, 0.15) is 6.04 Å². The Labute approximate surface area is 89.8 Å². The molecule has 0 aromatic heterocycles. The normalized spacial score (nSPS) is 21.2. The summed E-state index contributed by atoms with van der Waals surface area (Å²) in [5.41, 5.74) is 0. The fraction of sp³-hybridized carbons (Fsp3) is 0.778. The minimum absolute atomic E-state index is 0.0527. The van der Waals surface area contributed by atoms with Crippen molar-refractivity contribution >= 4 is 23.2 Å². The molecule has 5 heteroatoms. The van der Waals surface area contributed by atoms with Crippen LogP contribution in [0.25, 0.3) is 0 Å². The summed E-state index contributed by atoms with van der Waals surface area (Å²) >= 11 is 5.05. The average molecular weight is 215 g/mol. The number of carbonyl (C=O) groups excluding carboxylic acids is 1. The molecule has 1 aliphatic heterocycles. The number of piperidine rings is 1. The van der Waals surface area contributed by atoms with Gasteiger partial charge in [-0.25, -0.2) is 0 Å². The van der Waals surface area contributed by atoms with Crippen LogP contribution in [-0.2, 0) is 4.79 Å². The van der Waals surface area contributed by atoms with Crippen molar-refractivity contribution in [3.05, 3.63) is 0 Å². The molecular formula is C9H17N3OS. The topological polar surface area (TPSA) is 53.2 Å². The second-order valence-electron chi connectivity index (χ2n) is 3.39. The van der Waals surface area contributed by atoms with Gasteiger partial charge in [0.05, 0.1) is 0 Å². The van der Waals surface area contributed by atoms with E-state index >= 15 is 0 Å². The molecule has 0 bridgehead atoms. The molecule has 1 heterocycles. The molecule has 0 aromatic carbocycles. The highest BCUT2D eigenvalue weighted by molar-refractivity contribution is 7.80. The second-order valence-corrected chi connectivity index (χ2v) is 3.79. The second kappa shape index (κ2) is 5.80. The van der Waals surface area contributed by atoms with Gasteiger partial charge < -0.3 is 16.0 Å². The number of thiocarbonyl (C=S) groups is 1. The average Bonchev–Trinajstić information content (AvgIpc) is 2.18. The highest BCUT2D eigenvalue weighted by Crippen LogP contribution is 2.02. The van der Waals surface area contributed by atoms with Gasteiger partial charge in [-0.2, -0.15) is 0 Å². The lowest BCUT2D eigenvalue weighted by Crippen LogP contribution is -2.52. The first-order valence-corrected chi connectivity index (χ1v) is 5.47. The number of hydrogen-bond acceptors (Lipinski definition) is 2. The van der Waals surface area contributed by atoms with Gasteiger partial charge in [0, 0.05) is 13.1 Å². The molecular weight excluding hydrogens is 198 g/mol. The fourth-order valence-corrected chi connectivity index (χ4v) is 1.60. The summed E-state index contributed by atoms with van der Waals surface area (Å²) in [5, 5.41) is 9.43. The summed E-state index contributed by atoms with van der Waals surface area (Å²) < 4.78 is 0.